The third kappa shape index (κ3) is 8.35. The first-order valence-corrected chi connectivity index (χ1v) is 8.72. The van der Waals surface area contributed by atoms with Crippen molar-refractivity contribution < 1.29 is 13.9 Å². The highest BCUT2D eigenvalue weighted by Gasteiger charge is 2.12. The van der Waals surface area contributed by atoms with Crippen molar-refractivity contribution in [3.8, 4) is 11.5 Å². The molecule has 0 bridgehead atoms. The number of benzene rings is 2. The maximum absolute atomic E-state index is 13.8. The van der Waals surface area contributed by atoms with Gasteiger partial charge < -0.3 is 20.1 Å². The largest absolute Gasteiger partial charge is 0.490 e. The molecule has 0 radical (unpaired) electrons. The lowest BCUT2D eigenvalue weighted by Crippen LogP contribution is -2.20. The maximum Gasteiger partial charge on any atom is 0.166 e. The van der Waals surface area contributed by atoms with Gasteiger partial charge in [-0.3, -0.25) is 0 Å². The lowest BCUT2D eigenvalue weighted by Gasteiger charge is -2.17. The molecule has 0 unspecified atom stereocenters. The van der Waals surface area contributed by atoms with Crippen LogP contribution in [0.4, 0.5) is 4.39 Å². The summed E-state index contributed by atoms with van der Waals surface area (Å²) >= 11 is 0. The number of ether oxygens (including phenoxy) is 2. The van der Waals surface area contributed by atoms with E-state index in [0.717, 1.165) is 25.1 Å². The summed E-state index contributed by atoms with van der Waals surface area (Å²) in [4.78, 5) is 0. The van der Waals surface area contributed by atoms with Crippen LogP contribution in [0.1, 0.15) is 24.5 Å². The van der Waals surface area contributed by atoms with Crippen LogP contribution in [-0.2, 0) is 13.2 Å². The predicted molar refractivity (Wildman–Crippen MR) is 113 cm³/mol. The Balaban J connectivity index is 0.00000338. The molecule has 2 rings (SSSR count). The summed E-state index contributed by atoms with van der Waals surface area (Å²) in [5.41, 5.74) is 1.54. The normalized spacial score (nSPS) is 9.89. The molecule has 4 nitrogen and oxygen atoms in total. The van der Waals surface area contributed by atoms with E-state index in [2.05, 4.69) is 10.6 Å². The topological polar surface area (TPSA) is 42.5 Å². The van der Waals surface area contributed by atoms with Crippen LogP contribution in [0.5, 0.6) is 11.5 Å². The van der Waals surface area contributed by atoms with Crippen LogP contribution in [0.2, 0.25) is 0 Å². The van der Waals surface area contributed by atoms with Crippen molar-refractivity contribution in [3.05, 3.63) is 59.4 Å². The lowest BCUT2D eigenvalue weighted by molar-refractivity contribution is 0.262. The summed E-state index contributed by atoms with van der Waals surface area (Å²) in [7, 11) is 1.94. The van der Waals surface area contributed by atoms with Gasteiger partial charge in [0.15, 0.2) is 11.5 Å². The SMILES string of the molecule is CCOc1cccc(CNCCCNC)c1OCc1ccccc1F.Cl.Cl. The van der Waals surface area contributed by atoms with Gasteiger partial charge in [0.05, 0.1) is 6.61 Å². The maximum atomic E-state index is 13.8. The quantitative estimate of drug-likeness (QED) is 0.532. The highest BCUT2D eigenvalue weighted by molar-refractivity contribution is 5.85. The van der Waals surface area contributed by atoms with Crippen molar-refractivity contribution in [1.29, 1.82) is 0 Å². The molecule has 0 fully saturated rings. The fraction of sp³-hybridized carbons (Fsp3) is 0.400. The Morgan fingerprint density at radius 2 is 1.67 bits per heavy atom. The Morgan fingerprint density at radius 3 is 2.37 bits per heavy atom. The average molecular weight is 419 g/mol. The fourth-order valence-electron chi connectivity index (χ4n) is 2.51. The van der Waals surface area contributed by atoms with Crippen molar-refractivity contribution in [1.82, 2.24) is 10.6 Å². The zero-order chi connectivity index (χ0) is 17.9. The summed E-state index contributed by atoms with van der Waals surface area (Å²) in [5, 5.41) is 6.53. The Kier molecular flexibility index (Phi) is 13.7. The molecule has 0 saturated heterocycles. The molecule has 2 N–H and O–H groups in total. The van der Waals surface area contributed by atoms with E-state index < -0.39 is 0 Å². The monoisotopic (exact) mass is 418 g/mol. The summed E-state index contributed by atoms with van der Waals surface area (Å²) in [5.74, 6) is 1.10. The Labute approximate surface area is 173 Å². The zero-order valence-corrected chi connectivity index (χ0v) is 17.4. The average Bonchev–Trinajstić information content (AvgIpc) is 2.62. The van der Waals surface area contributed by atoms with Gasteiger partial charge in [-0.1, -0.05) is 30.3 Å². The minimum absolute atomic E-state index is 0. The third-order valence-corrected chi connectivity index (χ3v) is 3.79. The van der Waals surface area contributed by atoms with E-state index in [1.54, 1.807) is 18.2 Å². The van der Waals surface area contributed by atoms with E-state index in [0.29, 0.717) is 30.2 Å². The van der Waals surface area contributed by atoms with Crippen LogP contribution in [0.15, 0.2) is 42.5 Å². The molecule has 27 heavy (non-hydrogen) atoms. The molecule has 152 valence electrons. The van der Waals surface area contributed by atoms with E-state index in [-0.39, 0.29) is 37.2 Å². The molecular formula is C20H29Cl2FN2O2. The Bertz CT molecular complexity index is 660. The number of nitrogens with one attached hydrogen (secondary N) is 2. The van der Waals surface area contributed by atoms with Crippen LogP contribution in [0.3, 0.4) is 0 Å². The van der Waals surface area contributed by atoms with Gasteiger partial charge in [0.1, 0.15) is 12.4 Å². The molecule has 0 atom stereocenters. The molecule has 0 aromatic heterocycles. The fourth-order valence-corrected chi connectivity index (χ4v) is 2.51. The van der Waals surface area contributed by atoms with Gasteiger partial charge in [-0.25, -0.2) is 4.39 Å². The van der Waals surface area contributed by atoms with Gasteiger partial charge in [0.2, 0.25) is 0 Å². The molecule has 0 aliphatic heterocycles. The predicted octanol–water partition coefficient (Wildman–Crippen LogP) is 4.35. The zero-order valence-electron chi connectivity index (χ0n) is 15.8. The second kappa shape index (κ2) is 14.5. The van der Waals surface area contributed by atoms with Gasteiger partial charge in [-0.2, -0.15) is 0 Å². The number of rotatable bonds is 11. The molecule has 2 aromatic carbocycles. The lowest BCUT2D eigenvalue weighted by atomic mass is 10.1. The van der Waals surface area contributed by atoms with Crippen LogP contribution in [-0.4, -0.2) is 26.7 Å². The molecule has 0 spiro atoms. The Morgan fingerprint density at radius 1 is 0.926 bits per heavy atom. The van der Waals surface area contributed by atoms with E-state index in [4.69, 9.17) is 9.47 Å². The second-order valence-corrected chi connectivity index (χ2v) is 5.69. The number of hydrogen-bond acceptors (Lipinski definition) is 4. The van der Waals surface area contributed by atoms with Crippen molar-refractivity contribution >= 4 is 24.8 Å². The summed E-state index contributed by atoms with van der Waals surface area (Å²) in [6.07, 6.45) is 1.05. The third-order valence-electron chi connectivity index (χ3n) is 3.79. The van der Waals surface area contributed by atoms with Gasteiger partial charge in [-0.05, 0) is 45.6 Å². The molecular weight excluding hydrogens is 390 g/mol. The van der Waals surface area contributed by atoms with Gasteiger partial charge in [0.25, 0.3) is 0 Å². The molecule has 0 saturated carbocycles. The number of para-hydroxylation sites is 1. The molecule has 0 aliphatic carbocycles. The number of hydrogen-bond donors (Lipinski definition) is 2. The highest BCUT2D eigenvalue weighted by Crippen LogP contribution is 2.32. The first kappa shape index (κ1) is 25.5. The molecule has 0 amide bonds. The van der Waals surface area contributed by atoms with Crippen LogP contribution < -0.4 is 20.1 Å². The van der Waals surface area contributed by atoms with Crippen LogP contribution in [0.25, 0.3) is 0 Å². The first-order chi connectivity index (χ1) is 12.3. The minimum atomic E-state index is -0.261. The van der Waals surface area contributed by atoms with Crippen molar-refractivity contribution in [2.24, 2.45) is 0 Å². The van der Waals surface area contributed by atoms with E-state index >= 15 is 0 Å². The number of halogens is 3. The van der Waals surface area contributed by atoms with Crippen molar-refractivity contribution in [3.63, 3.8) is 0 Å². The van der Waals surface area contributed by atoms with E-state index in [1.165, 1.54) is 6.07 Å². The smallest absolute Gasteiger partial charge is 0.166 e. The van der Waals surface area contributed by atoms with Crippen molar-refractivity contribution in [2.45, 2.75) is 26.5 Å². The van der Waals surface area contributed by atoms with Crippen LogP contribution in [0, 0.1) is 5.82 Å². The molecule has 0 heterocycles. The first-order valence-electron chi connectivity index (χ1n) is 8.72. The summed E-state index contributed by atoms with van der Waals surface area (Å²) < 4.78 is 25.5. The standard InChI is InChI=1S/C20H27FN2O2.2ClH/c1-3-24-19-11-6-9-16(14-23-13-7-12-22-2)20(19)25-15-17-8-4-5-10-18(17)21;;/h4-6,8-11,22-23H,3,7,12-15H2,1-2H3;2*1H. The summed E-state index contributed by atoms with van der Waals surface area (Å²) in [6, 6.07) is 12.5. The highest BCUT2D eigenvalue weighted by atomic mass is 35.5. The Hall–Kier alpha value is -1.53. The minimum Gasteiger partial charge on any atom is -0.490 e. The molecule has 0 aliphatic rings. The molecule has 7 heteroatoms. The second-order valence-electron chi connectivity index (χ2n) is 5.69. The van der Waals surface area contributed by atoms with Gasteiger partial charge >= 0.3 is 0 Å². The van der Waals surface area contributed by atoms with Crippen LogP contribution >= 0.6 is 24.8 Å². The van der Waals surface area contributed by atoms with E-state index in [1.807, 2.05) is 32.2 Å². The van der Waals surface area contributed by atoms with E-state index in [9.17, 15) is 4.39 Å². The summed E-state index contributed by atoms with van der Waals surface area (Å²) in [6.45, 7) is 5.22. The van der Waals surface area contributed by atoms with Gasteiger partial charge in [0, 0.05) is 17.7 Å². The van der Waals surface area contributed by atoms with Gasteiger partial charge in [-0.15, -0.1) is 24.8 Å². The molecule has 2 aromatic rings. The van der Waals surface area contributed by atoms with Crippen molar-refractivity contribution in [2.75, 3.05) is 26.7 Å².